The predicted molar refractivity (Wildman–Crippen MR) is 97.2 cm³/mol. The van der Waals surface area contributed by atoms with E-state index in [1.165, 1.54) is 4.90 Å². The number of para-hydroxylation sites is 1. The predicted octanol–water partition coefficient (Wildman–Crippen LogP) is 3.67. The van der Waals surface area contributed by atoms with Crippen molar-refractivity contribution >= 4 is 28.5 Å². The van der Waals surface area contributed by atoms with Crippen LogP contribution in [-0.2, 0) is 16.0 Å². The molecule has 2 heterocycles. The van der Waals surface area contributed by atoms with Gasteiger partial charge in [0.05, 0.1) is 11.4 Å². The van der Waals surface area contributed by atoms with E-state index in [0.717, 1.165) is 22.0 Å². The van der Waals surface area contributed by atoms with Gasteiger partial charge in [-0.2, -0.15) is 0 Å². The van der Waals surface area contributed by atoms with Gasteiger partial charge in [0.1, 0.15) is 5.82 Å². The van der Waals surface area contributed by atoms with Gasteiger partial charge in [-0.05, 0) is 37.1 Å². The summed E-state index contributed by atoms with van der Waals surface area (Å²) in [6.07, 6.45) is 0.817. The van der Waals surface area contributed by atoms with E-state index in [1.54, 1.807) is 6.07 Å². The molecular weight excluding hydrogens is 312 g/mol. The molecule has 2 aromatic carbocycles. The molecule has 4 heteroatoms. The average molecular weight is 330 g/mol. The largest absolute Gasteiger partial charge is 0.274 e. The molecule has 3 aromatic rings. The number of hydrogen-bond acceptors (Lipinski definition) is 3. The Bertz CT molecular complexity index is 980. The van der Waals surface area contributed by atoms with Crippen LogP contribution in [0.2, 0.25) is 0 Å². The number of carbonyl (C=O) groups excluding carboxylic acids is 2. The number of rotatable bonds is 3. The first kappa shape index (κ1) is 15.5. The highest BCUT2D eigenvalue weighted by Gasteiger charge is 2.40. The molecule has 1 saturated heterocycles. The van der Waals surface area contributed by atoms with Crippen LogP contribution >= 0.6 is 0 Å². The van der Waals surface area contributed by atoms with Gasteiger partial charge in [-0.3, -0.25) is 9.59 Å². The van der Waals surface area contributed by atoms with E-state index < -0.39 is 0 Å². The van der Waals surface area contributed by atoms with Crippen LogP contribution in [0, 0.1) is 12.8 Å². The molecule has 1 aromatic heterocycles. The Morgan fingerprint density at radius 1 is 1.04 bits per heavy atom. The number of fused-ring (bicyclic) bond motifs is 1. The van der Waals surface area contributed by atoms with Gasteiger partial charge in [0.25, 0.3) is 0 Å². The summed E-state index contributed by atoms with van der Waals surface area (Å²) < 4.78 is 0. The van der Waals surface area contributed by atoms with E-state index in [2.05, 4.69) is 11.1 Å². The number of amides is 2. The smallest absolute Gasteiger partial charge is 0.238 e. The van der Waals surface area contributed by atoms with Gasteiger partial charge in [0, 0.05) is 11.8 Å². The maximum atomic E-state index is 12.8. The molecule has 1 fully saturated rings. The fourth-order valence-corrected chi connectivity index (χ4v) is 3.40. The van der Waals surface area contributed by atoms with Gasteiger partial charge in [-0.25, -0.2) is 9.88 Å². The Kier molecular flexibility index (Phi) is 3.80. The van der Waals surface area contributed by atoms with Crippen molar-refractivity contribution in [1.82, 2.24) is 4.98 Å². The third-order valence-electron chi connectivity index (χ3n) is 4.62. The average Bonchev–Trinajstić information content (AvgIpc) is 2.88. The van der Waals surface area contributed by atoms with E-state index in [-0.39, 0.29) is 24.2 Å². The molecule has 1 aliphatic heterocycles. The maximum Gasteiger partial charge on any atom is 0.238 e. The second-order valence-electron chi connectivity index (χ2n) is 6.52. The molecule has 0 saturated carbocycles. The molecule has 25 heavy (non-hydrogen) atoms. The molecule has 4 nitrogen and oxygen atoms in total. The first-order valence-corrected chi connectivity index (χ1v) is 8.40. The van der Waals surface area contributed by atoms with Gasteiger partial charge in [-0.15, -0.1) is 0 Å². The molecule has 124 valence electrons. The second kappa shape index (κ2) is 6.13. The highest BCUT2D eigenvalue weighted by molar-refractivity contribution is 6.20. The minimum Gasteiger partial charge on any atom is -0.274 e. The molecule has 0 bridgehead atoms. The van der Waals surface area contributed by atoms with Crippen LogP contribution in [0.5, 0.6) is 0 Å². The van der Waals surface area contributed by atoms with Gasteiger partial charge in [0.2, 0.25) is 11.8 Å². The molecule has 0 N–H and O–H groups in total. The summed E-state index contributed by atoms with van der Waals surface area (Å²) in [5, 5.41) is 0.988. The Labute approximate surface area is 146 Å². The Morgan fingerprint density at radius 2 is 1.88 bits per heavy atom. The number of hydrogen-bond donors (Lipinski definition) is 0. The molecule has 1 aliphatic rings. The van der Waals surface area contributed by atoms with E-state index in [1.807, 2.05) is 55.5 Å². The summed E-state index contributed by atoms with van der Waals surface area (Å²) in [5.74, 6) is -0.234. The zero-order valence-electron chi connectivity index (χ0n) is 14.0. The number of benzene rings is 2. The first-order valence-electron chi connectivity index (χ1n) is 8.40. The molecule has 0 spiro atoms. The number of aromatic nitrogens is 1. The lowest BCUT2D eigenvalue weighted by Gasteiger charge is -2.14. The van der Waals surface area contributed by atoms with Crippen molar-refractivity contribution in [2.45, 2.75) is 19.8 Å². The van der Waals surface area contributed by atoms with Crippen molar-refractivity contribution in [2.24, 2.45) is 5.92 Å². The Hall–Kier alpha value is -3.01. The molecule has 4 rings (SSSR count). The third-order valence-corrected chi connectivity index (χ3v) is 4.62. The highest BCUT2D eigenvalue weighted by atomic mass is 16.2. The second-order valence-corrected chi connectivity index (χ2v) is 6.52. The van der Waals surface area contributed by atoms with Crippen LogP contribution in [-0.4, -0.2) is 16.8 Å². The summed E-state index contributed by atoms with van der Waals surface area (Å²) in [5.41, 5.74) is 3.02. The van der Waals surface area contributed by atoms with Gasteiger partial charge in [-0.1, -0.05) is 48.0 Å². The number of carbonyl (C=O) groups is 2. The zero-order valence-corrected chi connectivity index (χ0v) is 14.0. The van der Waals surface area contributed by atoms with Crippen LogP contribution in [0.25, 0.3) is 10.9 Å². The monoisotopic (exact) mass is 330 g/mol. The van der Waals surface area contributed by atoms with Crippen molar-refractivity contribution in [3.63, 3.8) is 0 Å². The van der Waals surface area contributed by atoms with Crippen molar-refractivity contribution in [3.8, 4) is 0 Å². The SMILES string of the molecule is Cc1cccc(C[C@@H]2CC(=O)N(c3ccc4ccccc4n3)C2=O)c1. The molecular formula is C21H18N2O2. The zero-order chi connectivity index (χ0) is 17.4. The summed E-state index contributed by atoms with van der Waals surface area (Å²) in [6.45, 7) is 2.02. The summed E-state index contributed by atoms with van der Waals surface area (Å²) in [6, 6.07) is 19.4. The highest BCUT2D eigenvalue weighted by Crippen LogP contribution is 2.29. The minimum absolute atomic E-state index is 0.158. The number of aryl methyl sites for hydroxylation is 1. The first-order chi connectivity index (χ1) is 12.1. The summed E-state index contributed by atoms with van der Waals surface area (Å²) >= 11 is 0. The number of pyridine rings is 1. The van der Waals surface area contributed by atoms with Crippen molar-refractivity contribution < 1.29 is 9.59 Å². The number of nitrogens with zero attached hydrogens (tertiary/aromatic N) is 2. The van der Waals surface area contributed by atoms with Crippen LogP contribution in [0.1, 0.15) is 17.5 Å². The van der Waals surface area contributed by atoms with Crippen LogP contribution in [0.4, 0.5) is 5.82 Å². The third kappa shape index (κ3) is 2.91. The van der Waals surface area contributed by atoms with E-state index in [4.69, 9.17) is 0 Å². The lowest BCUT2D eigenvalue weighted by molar-refractivity contribution is -0.122. The van der Waals surface area contributed by atoms with Gasteiger partial charge < -0.3 is 0 Å². The van der Waals surface area contributed by atoms with E-state index in [9.17, 15) is 9.59 Å². The quantitative estimate of drug-likeness (QED) is 0.689. The molecule has 0 aliphatic carbocycles. The van der Waals surface area contributed by atoms with Crippen LogP contribution in [0.15, 0.2) is 60.7 Å². The molecule has 1 atom stereocenters. The Morgan fingerprint density at radius 3 is 2.72 bits per heavy atom. The van der Waals surface area contributed by atoms with E-state index >= 15 is 0 Å². The van der Waals surface area contributed by atoms with Crippen molar-refractivity contribution in [3.05, 3.63) is 71.8 Å². The number of anilines is 1. The minimum atomic E-state index is -0.317. The lowest BCUT2D eigenvalue weighted by Crippen LogP contribution is -2.31. The summed E-state index contributed by atoms with van der Waals surface area (Å²) in [7, 11) is 0. The standard InChI is InChI=1S/C21H18N2O2/c1-14-5-4-6-15(11-14)12-17-13-20(24)23(21(17)25)19-10-9-16-7-2-3-8-18(16)22-19/h2-11,17H,12-13H2,1H3/t17-/m1/s1. The van der Waals surface area contributed by atoms with Crippen molar-refractivity contribution in [2.75, 3.05) is 4.90 Å². The fraction of sp³-hybridized carbons (Fsp3) is 0.190. The fourth-order valence-electron chi connectivity index (χ4n) is 3.40. The molecule has 0 radical (unpaired) electrons. The normalized spacial score (nSPS) is 17.5. The topological polar surface area (TPSA) is 50.3 Å². The lowest BCUT2D eigenvalue weighted by atomic mass is 9.97. The van der Waals surface area contributed by atoms with Gasteiger partial charge in [0.15, 0.2) is 0 Å². The summed E-state index contributed by atoms with van der Waals surface area (Å²) in [4.78, 5) is 31.0. The van der Waals surface area contributed by atoms with E-state index in [0.29, 0.717) is 12.2 Å². The molecule has 0 unspecified atom stereocenters. The molecule has 2 amide bonds. The number of imide groups is 1. The van der Waals surface area contributed by atoms with Crippen LogP contribution in [0.3, 0.4) is 0 Å². The van der Waals surface area contributed by atoms with Gasteiger partial charge >= 0.3 is 0 Å². The van der Waals surface area contributed by atoms with Crippen molar-refractivity contribution in [1.29, 1.82) is 0 Å². The Balaban J connectivity index is 1.62. The maximum absolute atomic E-state index is 12.8. The van der Waals surface area contributed by atoms with Crippen LogP contribution < -0.4 is 4.90 Å².